The zero-order valence-electron chi connectivity index (χ0n) is 15.3. The van der Waals surface area contributed by atoms with Gasteiger partial charge in [0.05, 0.1) is 17.2 Å². The van der Waals surface area contributed by atoms with Crippen LogP contribution in [0.5, 0.6) is 0 Å². The first-order chi connectivity index (χ1) is 12.4. The number of aromatic nitrogens is 3. The first kappa shape index (κ1) is 18.7. The SMILES string of the molecule is CO[C@H]1CN(C(C)C)C[C@@H]1NC(=O)c1cnc(-c2csc(C)n2)[nH]c1=O. The average Bonchev–Trinajstić information content (AvgIpc) is 3.21. The maximum atomic E-state index is 12.6. The van der Waals surface area contributed by atoms with Crippen molar-refractivity contribution in [3.8, 4) is 11.5 Å². The number of likely N-dealkylation sites (tertiary alicyclic amines) is 1. The van der Waals surface area contributed by atoms with Crippen LogP contribution in [0.2, 0.25) is 0 Å². The van der Waals surface area contributed by atoms with Crippen molar-refractivity contribution in [2.45, 2.75) is 39.0 Å². The number of hydrogen-bond donors (Lipinski definition) is 2. The Morgan fingerprint density at radius 2 is 2.23 bits per heavy atom. The summed E-state index contributed by atoms with van der Waals surface area (Å²) in [6.45, 7) is 7.51. The Morgan fingerprint density at radius 1 is 1.46 bits per heavy atom. The summed E-state index contributed by atoms with van der Waals surface area (Å²) in [6.07, 6.45) is 1.19. The van der Waals surface area contributed by atoms with Crippen molar-refractivity contribution in [2.24, 2.45) is 0 Å². The predicted molar refractivity (Wildman–Crippen MR) is 99.5 cm³/mol. The molecule has 0 bridgehead atoms. The van der Waals surface area contributed by atoms with Crippen LogP contribution in [0.1, 0.15) is 29.2 Å². The van der Waals surface area contributed by atoms with Gasteiger partial charge in [0.15, 0.2) is 5.82 Å². The maximum Gasteiger partial charge on any atom is 0.264 e. The molecule has 3 heterocycles. The molecule has 1 amide bonds. The smallest absolute Gasteiger partial charge is 0.264 e. The van der Waals surface area contributed by atoms with E-state index < -0.39 is 11.5 Å². The van der Waals surface area contributed by atoms with Gasteiger partial charge in [-0.3, -0.25) is 14.5 Å². The second-order valence-electron chi connectivity index (χ2n) is 6.63. The van der Waals surface area contributed by atoms with Crippen molar-refractivity contribution in [1.82, 2.24) is 25.2 Å². The molecule has 0 spiro atoms. The monoisotopic (exact) mass is 377 g/mol. The summed E-state index contributed by atoms with van der Waals surface area (Å²) in [5.74, 6) is -0.0880. The van der Waals surface area contributed by atoms with Gasteiger partial charge in [-0.05, 0) is 20.8 Å². The van der Waals surface area contributed by atoms with Gasteiger partial charge in [-0.25, -0.2) is 9.97 Å². The summed E-state index contributed by atoms with van der Waals surface area (Å²) >= 11 is 1.47. The van der Waals surface area contributed by atoms with Crippen LogP contribution in [-0.2, 0) is 4.74 Å². The quantitative estimate of drug-likeness (QED) is 0.808. The number of aryl methyl sites for hydroxylation is 1. The van der Waals surface area contributed by atoms with E-state index in [9.17, 15) is 9.59 Å². The van der Waals surface area contributed by atoms with Gasteiger partial charge in [-0.2, -0.15) is 0 Å². The minimum absolute atomic E-state index is 0.0152. The van der Waals surface area contributed by atoms with E-state index in [0.29, 0.717) is 24.1 Å². The van der Waals surface area contributed by atoms with E-state index in [1.54, 1.807) is 7.11 Å². The molecule has 2 aromatic rings. The largest absolute Gasteiger partial charge is 0.378 e. The summed E-state index contributed by atoms with van der Waals surface area (Å²) < 4.78 is 5.49. The minimum atomic E-state index is -0.481. The van der Waals surface area contributed by atoms with E-state index in [1.165, 1.54) is 17.5 Å². The number of H-pyrrole nitrogens is 1. The molecule has 0 unspecified atom stereocenters. The number of hydrogen-bond acceptors (Lipinski definition) is 7. The topological polar surface area (TPSA) is 100 Å². The van der Waals surface area contributed by atoms with Gasteiger partial charge in [-0.15, -0.1) is 11.3 Å². The normalized spacial score (nSPS) is 20.7. The van der Waals surface area contributed by atoms with Crippen molar-refractivity contribution in [3.63, 3.8) is 0 Å². The summed E-state index contributed by atoms with van der Waals surface area (Å²) in [4.78, 5) is 38.2. The van der Waals surface area contributed by atoms with Crippen molar-refractivity contribution in [2.75, 3.05) is 20.2 Å². The Kier molecular flexibility index (Phi) is 5.49. The molecule has 2 N–H and O–H groups in total. The number of nitrogens with zero attached hydrogens (tertiary/aromatic N) is 3. The fourth-order valence-corrected chi connectivity index (χ4v) is 3.60. The summed E-state index contributed by atoms with van der Waals surface area (Å²) in [5, 5.41) is 5.60. The van der Waals surface area contributed by atoms with Crippen LogP contribution in [0.25, 0.3) is 11.5 Å². The number of thiazole rings is 1. The molecule has 2 aromatic heterocycles. The zero-order valence-corrected chi connectivity index (χ0v) is 16.1. The summed E-state index contributed by atoms with van der Waals surface area (Å²) in [6, 6.07) is 0.190. The van der Waals surface area contributed by atoms with Gasteiger partial charge in [-0.1, -0.05) is 0 Å². The molecule has 0 aromatic carbocycles. The highest BCUT2D eigenvalue weighted by Crippen LogP contribution is 2.17. The second kappa shape index (κ2) is 7.65. The fraction of sp³-hybridized carbons (Fsp3) is 0.529. The van der Waals surface area contributed by atoms with Crippen molar-refractivity contribution >= 4 is 17.2 Å². The van der Waals surface area contributed by atoms with E-state index in [-0.39, 0.29) is 17.7 Å². The molecular weight excluding hydrogens is 354 g/mol. The van der Waals surface area contributed by atoms with Gasteiger partial charge in [0.25, 0.3) is 11.5 Å². The lowest BCUT2D eigenvalue weighted by atomic mass is 10.2. The molecule has 1 aliphatic rings. The van der Waals surface area contributed by atoms with E-state index in [4.69, 9.17) is 4.74 Å². The predicted octanol–water partition coefficient (Wildman–Crippen LogP) is 1.04. The van der Waals surface area contributed by atoms with Crippen molar-refractivity contribution < 1.29 is 9.53 Å². The van der Waals surface area contributed by atoms with Crippen molar-refractivity contribution in [1.29, 1.82) is 0 Å². The number of nitrogens with one attached hydrogen (secondary N) is 2. The average molecular weight is 377 g/mol. The highest BCUT2D eigenvalue weighted by atomic mass is 32.1. The van der Waals surface area contributed by atoms with Gasteiger partial charge >= 0.3 is 0 Å². The number of methoxy groups -OCH3 is 1. The Morgan fingerprint density at radius 3 is 2.81 bits per heavy atom. The van der Waals surface area contributed by atoms with E-state index >= 15 is 0 Å². The lowest BCUT2D eigenvalue weighted by Crippen LogP contribution is -2.45. The fourth-order valence-electron chi connectivity index (χ4n) is 3.01. The first-order valence-corrected chi connectivity index (χ1v) is 9.36. The number of amides is 1. The Hall–Kier alpha value is -2.10. The van der Waals surface area contributed by atoms with Gasteiger partial charge < -0.3 is 15.0 Å². The molecule has 0 saturated carbocycles. The molecule has 1 saturated heterocycles. The molecule has 26 heavy (non-hydrogen) atoms. The lowest BCUT2D eigenvalue weighted by molar-refractivity contribution is 0.0752. The Balaban J connectivity index is 1.75. The summed E-state index contributed by atoms with van der Waals surface area (Å²) in [5.41, 5.74) is 0.101. The van der Waals surface area contributed by atoms with Crippen LogP contribution in [0.4, 0.5) is 0 Å². The molecule has 9 heteroatoms. The Bertz CT molecular complexity index is 847. The van der Waals surface area contributed by atoms with E-state index in [0.717, 1.165) is 11.6 Å². The van der Waals surface area contributed by atoms with Crippen LogP contribution in [0, 0.1) is 6.92 Å². The second-order valence-corrected chi connectivity index (χ2v) is 7.69. The van der Waals surface area contributed by atoms with Gasteiger partial charge in [0.1, 0.15) is 11.3 Å². The van der Waals surface area contributed by atoms with Crippen LogP contribution in [0.15, 0.2) is 16.4 Å². The number of rotatable bonds is 5. The minimum Gasteiger partial charge on any atom is -0.378 e. The van der Waals surface area contributed by atoms with Gasteiger partial charge in [0, 0.05) is 37.8 Å². The number of carbonyl (C=O) groups excluding carboxylic acids is 1. The highest BCUT2D eigenvalue weighted by Gasteiger charge is 2.35. The Labute approximate surface area is 155 Å². The number of carbonyl (C=O) groups is 1. The first-order valence-electron chi connectivity index (χ1n) is 8.48. The lowest BCUT2D eigenvalue weighted by Gasteiger charge is -2.19. The van der Waals surface area contributed by atoms with E-state index in [1.807, 2.05) is 12.3 Å². The zero-order chi connectivity index (χ0) is 18.8. The van der Waals surface area contributed by atoms with Crippen LogP contribution < -0.4 is 10.9 Å². The number of aromatic amines is 1. The van der Waals surface area contributed by atoms with Crippen molar-refractivity contribution in [3.05, 3.63) is 32.5 Å². The number of ether oxygens (including phenoxy) is 1. The third kappa shape index (κ3) is 3.84. The molecule has 1 aliphatic heterocycles. The molecule has 2 atom stereocenters. The van der Waals surface area contributed by atoms with Crippen LogP contribution >= 0.6 is 11.3 Å². The highest BCUT2D eigenvalue weighted by molar-refractivity contribution is 7.09. The third-order valence-electron chi connectivity index (χ3n) is 4.55. The molecular formula is C17H23N5O3S. The van der Waals surface area contributed by atoms with Crippen LogP contribution in [0.3, 0.4) is 0 Å². The third-order valence-corrected chi connectivity index (χ3v) is 5.32. The molecule has 0 aliphatic carbocycles. The van der Waals surface area contributed by atoms with Crippen LogP contribution in [-0.4, -0.2) is 64.1 Å². The summed E-state index contributed by atoms with van der Waals surface area (Å²) in [7, 11) is 1.63. The van der Waals surface area contributed by atoms with E-state index in [2.05, 4.69) is 39.0 Å². The molecule has 3 rings (SSSR count). The van der Waals surface area contributed by atoms with Gasteiger partial charge in [0.2, 0.25) is 0 Å². The molecule has 0 radical (unpaired) electrons. The molecule has 8 nitrogen and oxygen atoms in total. The maximum absolute atomic E-state index is 12.6. The molecule has 140 valence electrons. The standard InChI is InChI=1S/C17H23N5O3S/c1-9(2)22-6-12(14(7-22)25-4)20-16(23)11-5-18-15(21-17(11)24)13-8-26-10(3)19-13/h5,8-9,12,14H,6-7H2,1-4H3,(H,20,23)(H,18,21,24)/t12-,14-/m0/s1. The molecule has 1 fully saturated rings.